The Balaban J connectivity index is 2.21. The third-order valence-corrected chi connectivity index (χ3v) is 3.05. The molecule has 2 rings (SSSR count). The molecule has 0 aliphatic carbocycles. The number of carbonyl (C=O) groups excluding carboxylic acids is 1. The standard InChI is InChI=1S/C12H14ClFN2O/c1-8-7-16(5-4-15-8)12(17)10-6-9(13)2-3-11(10)14/h2-3,6,8,15H,4-5,7H2,1H3. The molecular weight excluding hydrogens is 243 g/mol. The summed E-state index contributed by atoms with van der Waals surface area (Å²) in [6.07, 6.45) is 0. The zero-order valence-corrected chi connectivity index (χ0v) is 10.3. The van der Waals surface area contributed by atoms with Crippen molar-refractivity contribution in [1.82, 2.24) is 10.2 Å². The van der Waals surface area contributed by atoms with Crippen molar-refractivity contribution in [2.75, 3.05) is 19.6 Å². The smallest absolute Gasteiger partial charge is 0.256 e. The lowest BCUT2D eigenvalue weighted by Crippen LogP contribution is -2.51. The highest BCUT2D eigenvalue weighted by Crippen LogP contribution is 2.17. The summed E-state index contributed by atoms with van der Waals surface area (Å²) < 4.78 is 13.6. The van der Waals surface area contributed by atoms with Crippen LogP contribution in [0, 0.1) is 5.82 Å². The number of halogens is 2. The Hall–Kier alpha value is -1.13. The van der Waals surface area contributed by atoms with Gasteiger partial charge in [-0.2, -0.15) is 0 Å². The number of nitrogens with one attached hydrogen (secondary N) is 1. The molecule has 1 aliphatic rings. The van der Waals surface area contributed by atoms with Gasteiger partial charge in [0.2, 0.25) is 0 Å². The molecule has 1 aromatic carbocycles. The van der Waals surface area contributed by atoms with E-state index in [-0.39, 0.29) is 17.5 Å². The minimum Gasteiger partial charge on any atom is -0.336 e. The molecule has 0 spiro atoms. The summed E-state index contributed by atoms with van der Waals surface area (Å²) in [6, 6.07) is 4.27. The first-order valence-electron chi connectivity index (χ1n) is 5.55. The number of benzene rings is 1. The molecule has 0 saturated carbocycles. The Kier molecular flexibility index (Phi) is 3.64. The van der Waals surface area contributed by atoms with E-state index in [2.05, 4.69) is 5.32 Å². The van der Waals surface area contributed by atoms with E-state index >= 15 is 0 Å². The summed E-state index contributed by atoms with van der Waals surface area (Å²) in [4.78, 5) is 13.8. The zero-order valence-electron chi connectivity index (χ0n) is 9.54. The van der Waals surface area contributed by atoms with Crippen LogP contribution in [-0.4, -0.2) is 36.5 Å². The van der Waals surface area contributed by atoms with E-state index in [0.717, 1.165) is 6.54 Å². The highest BCUT2D eigenvalue weighted by molar-refractivity contribution is 6.31. The second kappa shape index (κ2) is 5.02. The van der Waals surface area contributed by atoms with Gasteiger partial charge in [0.25, 0.3) is 5.91 Å². The van der Waals surface area contributed by atoms with Gasteiger partial charge in [-0.25, -0.2) is 4.39 Å². The molecule has 92 valence electrons. The minimum absolute atomic E-state index is 0.0478. The summed E-state index contributed by atoms with van der Waals surface area (Å²) in [6.45, 7) is 3.91. The predicted molar refractivity (Wildman–Crippen MR) is 64.8 cm³/mol. The van der Waals surface area contributed by atoms with E-state index < -0.39 is 5.82 Å². The third kappa shape index (κ3) is 2.76. The monoisotopic (exact) mass is 256 g/mol. The van der Waals surface area contributed by atoms with Crippen LogP contribution in [0.15, 0.2) is 18.2 Å². The number of hydrogen-bond acceptors (Lipinski definition) is 2. The Morgan fingerprint density at radius 1 is 1.59 bits per heavy atom. The van der Waals surface area contributed by atoms with Gasteiger partial charge in [-0.15, -0.1) is 0 Å². The van der Waals surface area contributed by atoms with Crippen molar-refractivity contribution in [1.29, 1.82) is 0 Å². The molecule has 1 fully saturated rings. The maximum absolute atomic E-state index is 13.6. The molecule has 1 saturated heterocycles. The van der Waals surface area contributed by atoms with Crippen molar-refractivity contribution in [3.05, 3.63) is 34.6 Å². The number of piperazine rings is 1. The van der Waals surface area contributed by atoms with Gasteiger partial charge in [0.1, 0.15) is 5.82 Å². The molecule has 0 bridgehead atoms. The van der Waals surface area contributed by atoms with Crippen LogP contribution in [0.5, 0.6) is 0 Å². The Labute approximate surface area is 105 Å². The first kappa shape index (κ1) is 12.3. The fourth-order valence-electron chi connectivity index (χ4n) is 1.95. The normalized spacial score (nSPS) is 20.4. The summed E-state index contributed by atoms with van der Waals surface area (Å²) >= 11 is 5.78. The summed E-state index contributed by atoms with van der Waals surface area (Å²) in [7, 11) is 0. The molecule has 1 aromatic rings. The van der Waals surface area contributed by atoms with Crippen LogP contribution >= 0.6 is 11.6 Å². The molecule has 3 nitrogen and oxygen atoms in total. The van der Waals surface area contributed by atoms with Crippen molar-refractivity contribution in [2.24, 2.45) is 0 Å². The van der Waals surface area contributed by atoms with Crippen molar-refractivity contribution >= 4 is 17.5 Å². The van der Waals surface area contributed by atoms with E-state index in [9.17, 15) is 9.18 Å². The van der Waals surface area contributed by atoms with Gasteiger partial charge in [-0.3, -0.25) is 4.79 Å². The minimum atomic E-state index is -0.523. The van der Waals surface area contributed by atoms with E-state index in [1.807, 2.05) is 6.92 Å². The highest BCUT2D eigenvalue weighted by atomic mass is 35.5. The number of carbonyl (C=O) groups is 1. The second-order valence-electron chi connectivity index (χ2n) is 4.23. The Morgan fingerprint density at radius 3 is 3.06 bits per heavy atom. The lowest BCUT2D eigenvalue weighted by atomic mass is 10.1. The Bertz CT molecular complexity index is 439. The van der Waals surface area contributed by atoms with Crippen LogP contribution < -0.4 is 5.32 Å². The number of hydrogen-bond donors (Lipinski definition) is 1. The molecule has 0 aromatic heterocycles. The molecule has 5 heteroatoms. The highest BCUT2D eigenvalue weighted by Gasteiger charge is 2.23. The van der Waals surface area contributed by atoms with Crippen LogP contribution in [0.25, 0.3) is 0 Å². The maximum Gasteiger partial charge on any atom is 0.256 e. The van der Waals surface area contributed by atoms with Crippen molar-refractivity contribution in [3.8, 4) is 0 Å². The van der Waals surface area contributed by atoms with E-state index in [0.29, 0.717) is 18.1 Å². The van der Waals surface area contributed by atoms with Crippen molar-refractivity contribution < 1.29 is 9.18 Å². The van der Waals surface area contributed by atoms with Gasteiger partial charge in [-0.1, -0.05) is 11.6 Å². The summed E-state index contributed by atoms with van der Waals surface area (Å²) in [5.41, 5.74) is 0.0478. The second-order valence-corrected chi connectivity index (χ2v) is 4.67. The first-order valence-corrected chi connectivity index (χ1v) is 5.93. The number of rotatable bonds is 1. The molecular formula is C12H14ClFN2O. The first-order chi connectivity index (χ1) is 8.08. The Morgan fingerprint density at radius 2 is 2.35 bits per heavy atom. The molecule has 17 heavy (non-hydrogen) atoms. The van der Waals surface area contributed by atoms with Crippen LogP contribution in [0.2, 0.25) is 5.02 Å². The van der Waals surface area contributed by atoms with E-state index in [1.54, 1.807) is 4.90 Å². The molecule has 1 heterocycles. The summed E-state index contributed by atoms with van der Waals surface area (Å²) in [5.74, 6) is -0.816. The lowest BCUT2D eigenvalue weighted by Gasteiger charge is -2.32. The quantitative estimate of drug-likeness (QED) is 0.833. The van der Waals surface area contributed by atoms with Gasteiger partial charge in [-0.05, 0) is 25.1 Å². The average Bonchev–Trinajstić information content (AvgIpc) is 2.31. The average molecular weight is 257 g/mol. The fraction of sp³-hybridized carbons (Fsp3) is 0.417. The molecule has 1 N–H and O–H groups in total. The van der Waals surface area contributed by atoms with Gasteiger partial charge >= 0.3 is 0 Å². The SMILES string of the molecule is CC1CN(C(=O)c2cc(Cl)ccc2F)CCN1. The van der Waals surface area contributed by atoms with Crippen molar-refractivity contribution in [2.45, 2.75) is 13.0 Å². The predicted octanol–water partition coefficient (Wildman–Crippen LogP) is 1.91. The largest absolute Gasteiger partial charge is 0.336 e. The third-order valence-electron chi connectivity index (χ3n) is 2.81. The van der Waals surface area contributed by atoms with Crippen molar-refractivity contribution in [3.63, 3.8) is 0 Å². The van der Waals surface area contributed by atoms with Gasteiger partial charge in [0, 0.05) is 30.7 Å². The summed E-state index contributed by atoms with van der Waals surface area (Å²) in [5, 5.41) is 3.60. The van der Waals surface area contributed by atoms with Gasteiger partial charge in [0.05, 0.1) is 5.56 Å². The fourth-order valence-corrected chi connectivity index (χ4v) is 2.12. The van der Waals surface area contributed by atoms with E-state index in [4.69, 9.17) is 11.6 Å². The lowest BCUT2D eigenvalue weighted by molar-refractivity contribution is 0.0704. The number of nitrogens with zero attached hydrogens (tertiary/aromatic N) is 1. The van der Waals surface area contributed by atoms with E-state index in [1.165, 1.54) is 18.2 Å². The van der Waals surface area contributed by atoms with Gasteiger partial charge < -0.3 is 10.2 Å². The van der Waals surface area contributed by atoms with Crippen LogP contribution in [0.1, 0.15) is 17.3 Å². The number of amides is 1. The zero-order chi connectivity index (χ0) is 12.4. The molecule has 0 radical (unpaired) electrons. The molecule has 1 atom stereocenters. The topological polar surface area (TPSA) is 32.3 Å². The van der Waals surface area contributed by atoms with Crippen LogP contribution in [0.3, 0.4) is 0 Å². The molecule has 1 amide bonds. The maximum atomic E-state index is 13.6. The molecule has 1 aliphatic heterocycles. The van der Waals surface area contributed by atoms with Crippen LogP contribution in [-0.2, 0) is 0 Å². The van der Waals surface area contributed by atoms with Gasteiger partial charge in [0.15, 0.2) is 0 Å². The molecule has 1 unspecified atom stereocenters. The van der Waals surface area contributed by atoms with Crippen LogP contribution in [0.4, 0.5) is 4.39 Å².